The maximum atomic E-state index is 13.7. The molecule has 0 amide bonds. The fourth-order valence-electron chi connectivity index (χ4n) is 4.09. The van der Waals surface area contributed by atoms with E-state index in [0.717, 1.165) is 37.9 Å². The normalized spacial score (nSPS) is 18.7. The zero-order valence-corrected chi connectivity index (χ0v) is 16.3. The maximum absolute atomic E-state index is 13.7. The van der Waals surface area contributed by atoms with Gasteiger partial charge in [-0.05, 0) is 62.4 Å². The lowest BCUT2D eigenvalue weighted by atomic mass is 9.76. The van der Waals surface area contributed by atoms with Gasteiger partial charge in [0.25, 0.3) is 0 Å². The molecule has 1 fully saturated rings. The molecule has 4 rings (SSSR count). The van der Waals surface area contributed by atoms with Crippen molar-refractivity contribution in [2.75, 3.05) is 0 Å². The highest BCUT2D eigenvalue weighted by Crippen LogP contribution is 2.58. The Morgan fingerprint density at radius 3 is 1.78 bits per heavy atom. The highest BCUT2D eigenvalue weighted by atomic mass is 31.2. The van der Waals surface area contributed by atoms with Gasteiger partial charge in [0.2, 0.25) is 0 Å². The van der Waals surface area contributed by atoms with Crippen molar-refractivity contribution >= 4 is 7.82 Å². The Balaban J connectivity index is 1.63. The van der Waals surface area contributed by atoms with Crippen LogP contribution in [0.2, 0.25) is 0 Å². The number of rotatable bonds is 6. The maximum Gasteiger partial charge on any atom is 0.646 e. The lowest BCUT2D eigenvalue weighted by Gasteiger charge is -2.35. The Morgan fingerprint density at radius 1 is 0.704 bits per heavy atom. The molecule has 0 atom stereocenters. The minimum Gasteiger partial charge on any atom is -0.390 e. The fraction of sp³-hybridized carbons (Fsp3) is 0.364. The van der Waals surface area contributed by atoms with Crippen molar-refractivity contribution in [2.24, 2.45) is 5.41 Å². The molecule has 2 aromatic rings. The summed E-state index contributed by atoms with van der Waals surface area (Å²) in [4.78, 5) is 0. The van der Waals surface area contributed by atoms with Crippen molar-refractivity contribution in [3.63, 3.8) is 0 Å². The second kappa shape index (κ2) is 7.82. The van der Waals surface area contributed by atoms with Crippen LogP contribution in [0.1, 0.15) is 44.9 Å². The van der Waals surface area contributed by atoms with Crippen LogP contribution in [0.5, 0.6) is 11.5 Å². The van der Waals surface area contributed by atoms with Crippen LogP contribution in [-0.2, 0) is 9.09 Å². The summed E-state index contributed by atoms with van der Waals surface area (Å²) in [7, 11) is -3.88. The molecule has 2 aliphatic carbocycles. The summed E-state index contributed by atoms with van der Waals surface area (Å²) in [6.07, 6.45) is 9.78. The van der Waals surface area contributed by atoms with E-state index in [4.69, 9.17) is 13.6 Å². The summed E-state index contributed by atoms with van der Waals surface area (Å²) in [6, 6.07) is 18.1. The molecule has 4 nitrogen and oxygen atoms in total. The van der Waals surface area contributed by atoms with Crippen LogP contribution in [0.25, 0.3) is 0 Å². The number of phosphoric ester groups is 1. The van der Waals surface area contributed by atoms with E-state index < -0.39 is 7.82 Å². The Kier molecular flexibility index (Phi) is 5.27. The van der Waals surface area contributed by atoms with Crippen LogP contribution in [-0.4, -0.2) is 0 Å². The van der Waals surface area contributed by atoms with Crippen molar-refractivity contribution in [3.8, 4) is 11.5 Å². The molecule has 2 aromatic carbocycles. The van der Waals surface area contributed by atoms with Gasteiger partial charge in [-0.1, -0.05) is 49.2 Å². The monoisotopic (exact) mass is 384 g/mol. The first-order valence-corrected chi connectivity index (χ1v) is 11.1. The van der Waals surface area contributed by atoms with Gasteiger partial charge in [-0.25, -0.2) is 0 Å². The van der Waals surface area contributed by atoms with Gasteiger partial charge in [0.05, 0.1) is 0 Å². The van der Waals surface area contributed by atoms with Crippen LogP contribution >= 0.6 is 7.82 Å². The van der Waals surface area contributed by atoms with E-state index in [9.17, 15) is 4.57 Å². The van der Waals surface area contributed by atoms with Crippen molar-refractivity contribution < 1.29 is 18.1 Å². The first-order chi connectivity index (χ1) is 13.2. The summed E-state index contributed by atoms with van der Waals surface area (Å²) >= 11 is 0. The molecular formula is C22H25O4P. The van der Waals surface area contributed by atoms with E-state index in [2.05, 4.69) is 6.08 Å². The second-order valence-corrected chi connectivity index (χ2v) is 8.74. The van der Waals surface area contributed by atoms with Gasteiger partial charge in [0, 0.05) is 5.41 Å². The molecule has 0 aromatic heterocycles. The van der Waals surface area contributed by atoms with Gasteiger partial charge in [0.15, 0.2) is 0 Å². The van der Waals surface area contributed by atoms with E-state index >= 15 is 0 Å². The third kappa shape index (κ3) is 4.22. The van der Waals surface area contributed by atoms with Crippen LogP contribution in [0, 0.1) is 5.41 Å². The topological polar surface area (TPSA) is 44.8 Å². The predicted molar refractivity (Wildman–Crippen MR) is 106 cm³/mol. The fourth-order valence-corrected chi connectivity index (χ4v) is 5.47. The highest BCUT2D eigenvalue weighted by molar-refractivity contribution is 7.49. The Bertz CT molecular complexity index is 780. The molecule has 142 valence electrons. The Labute approximate surface area is 160 Å². The van der Waals surface area contributed by atoms with Crippen molar-refractivity contribution in [1.82, 2.24) is 0 Å². The summed E-state index contributed by atoms with van der Waals surface area (Å²) in [6.45, 7) is 0. The second-order valence-electron chi connectivity index (χ2n) is 7.30. The van der Waals surface area contributed by atoms with Crippen LogP contribution in [0.15, 0.2) is 72.5 Å². The Hall–Kier alpha value is -2.19. The third-order valence-electron chi connectivity index (χ3n) is 5.40. The molecule has 0 radical (unpaired) electrons. The quantitative estimate of drug-likeness (QED) is 0.508. The first kappa shape index (κ1) is 18.2. The third-order valence-corrected chi connectivity index (χ3v) is 6.69. The average Bonchev–Trinajstić information content (AvgIpc) is 3.14. The number of para-hydroxylation sites is 2. The zero-order chi connectivity index (χ0) is 18.6. The number of hydrogen-bond donors (Lipinski definition) is 0. The van der Waals surface area contributed by atoms with Gasteiger partial charge in [0.1, 0.15) is 17.3 Å². The molecule has 0 bridgehead atoms. The molecule has 0 N–H and O–H groups in total. The standard InChI is InChI=1S/C22H25O4P/c23-27(24-19-11-3-1-4-12-19,25-20-13-5-2-6-14-20)26-21-15-7-8-16-22(21)17-9-10-18-22/h1-6,11-15H,7-10,16-18H2. The average molecular weight is 384 g/mol. The molecule has 0 saturated heterocycles. The first-order valence-electron chi connectivity index (χ1n) is 9.67. The van der Waals surface area contributed by atoms with E-state index in [1.54, 1.807) is 24.3 Å². The predicted octanol–water partition coefficient (Wildman–Crippen LogP) is 6.90. The molecular weight excluding hydrogens is 359 g/mol. The molecule has 0 unspecified atom stereocenters. The summed E-state index contributed by atoms with van der Waals surface area (Å²) in [5, 5.41) is 0. The smallest absolute Gasteiger partial charge is 0.390 e. The number of benzene rings is 2. The van der Waals surface area contributed by atoms with Crippen LogP contribution < -0.4 is 9.05 Å². The molecule has 0 heterocycles. The van der Waals surface area contributed by atoms with Crippen molar-refractivity contribution in [2.45, 2.75) is 44.9 Å². The molecule has 27 heavy (non-hydrogen) atoms. The summed E-state index contributed by atoms with van der Waals surface area (Å²) in [5.41, 5.74) is -0.00595. The van der Waals surface area contributed by atoms with Crippen molar-refractivity contribution in [1.29, 1.82) is 0 Å². The van der Waals surface area contributed by atoms with Gasteiger partial charge >= 0.3 is 7.82 Å². The molecule has 1 saturated carbocycles. The summed E-state index contributed by atoms with van der Waals surface area (Å²) in [5.74, 6) is 1.73. The van der Waals surface area contributed by atoms with Crippen molar-refractivity contribution in [3.05, 3.63) is 72.5 Å². The van der Waals surface area contributed by atoms with E-state index in [1.165, 1.54) is 12.8 Å². The Morgan fingerprint density at radius 2 is 1.22 bits per heavy atom. The minimum absolute atomic E-state index is 0.00595. The number of phosphoric acid groups is 1. The lowest BCUT2D eigenvalue weighted by molar-refractivity contribution is 0.166. The van der Waals surface area contributed by atoms with Gasteiger partial charge in [-0.15, -0.1) is 0 Å². The largest absolute Gasteiger partial charge is 0.646 e. The zero-order valence-electron chi connectivity index (χ0n) is 15.4. The number of hydrogen-bond acceptors (Lipinski definition) is 4. The highest BCUT2D eigenvalue weighted by Gasteiger charge is 2.45. The number of allylic oxidation sites excluding steroid dienone is 2. The molecule has 5 heteroatoms. The minimum atomic E-state index is -3.88. The molecule has 0 aliphatic heterocycles. The van der Waals surface area contributed by atoms with Crippen LogP contribution in [0.3, 0.4) is 0 Å². The van der Waals surface area contributed by atoms with Gasteiger partial charge in [-0.3, -0.25) is 0 Å². The lowest BCUT2D eigenvalue weighted by Crippen LogP contribution is -2.24. The van der Waals surface area contributed by atoms with E-state index in [-0.39, 0.29) is 5.41 Å². The van der Waals surface area contributed by atoms with E-state index in [1.807, 2.05) is 36.4 Å². The molecule has 2 aliphatic rings. The molecule has 1 spiro atoms. The van der Waals surface area contributed by atoms with Gasteiger partial charge in [-0.2, -0.15) is 4.57 Å². The van der Waals surface area contributed by atoms with E-state index in [0.29, 0.717) is 11.5 Å². The van der Waals surface area contributed by atoms with Crippen LogP contribution in [0.4, 0.5) is 0 Å². The summed E-state index contributed by atoms with van der Waals surface area (Å²) < 4.78 is 31.3. The van der Waals surface area contributed by atoms with Gasteiger partial charge < -0.3 is 13.6 Å². The SMILES string of the molecule is O=P(OC1=CCCCC12CCCC2)(Oc1ccccc1)Oc1ccccc1.